The monoisotopic (exact) mass is 661 g/mol. The van der Waals surface area contributed by atoms with Crippen molar-refractivity contribution in [1.82, 2.24) is 29.9 Å². The van der Waals surface area contributed by atoms with Crippen molar-refractivity contribution < 1.29 is 14.3 Å². The number of benzene rings is 1. The number of morpholine rings is 1. The highest BCUT2D eigenvalue weighted by Crippen LogP contribution is 2.35. The Kier molecular flexibility index (Phi) is 12.5. The lowest BCUT2D eigenvalue weighted by molar-refractivity contribution is 0.0360. The van der Waals surface area contributed by atoms with Gasteiger partial charge in [-0.2, -0.15) is 5.10 Å². The number of H-pyrrole nitrogens is 1. The molecule has 1 aliphatic heterocycles. The standard InChI is InChI=1S/C37H55N7O4/c1-7-44(32-10-8-31(9-11-32)41(5)14-17-47-6)35-22-29(30-23-39-43(25-30)13-12-42-15-18-48-19-16-42)21-33(28(35)4)36(45)38-24-34-26(2)20-27(3)40-37(34)46/h20-23,25,31-32H,7-19,24H2,1-6H3,(H,38,45)(H,40,46). The number of carbonyl (C=O) groups excluding carboxylic acids is 1. The molecule has 0 bridgehead atoms. The normalized spacial score (nSPS) is 18.7. The van der Waals surface area contributed by atoms with Gasteiger partial charge < -0.3 is 29.6 Å². The maximum absolute atomic E-state index is 13.9. The number of nitrogens with zero attached hydrogens (tertiary/aromatic N) is 5. The van der Waals surface area contributed by atoms with Gasteiger partial charge in [0.05, 0.1) is 32.6 Å². The number of carbonyl (C=O) groups is 1. The van der Waals surface area contributed by atoms with E-state index in [1.807, 2.05) is 36.9 Å². The van der Waals surface area contributed by atoms with Gasteiger partial charge in [0.15, 0.2) is 0 Å². The summed E-state index contributed by atoms with van der Waals surface area (Å²) < 4.78 is 12.8. The first-order valence-electron chi connectivity index (χ1n) is 17.6. The van der Waals surface area contributed by atoms with Gasteiger partial charge in [-0.3, -0.25) is 19.2 Å². The molecule has 2 fully saturated rings. The highest BCUT2D eigenvalue weighted by atomic mass is 16.5. The lowest BCUT2D eigenvalue weighted by Crippen LogP contribution is -2.44. The van der Waals surface area contributed by atoms with Crippen molar-refractivity contribution >= 4 is 11.6 Å². The summed E-state index contributed by atoms with van der Waals surface area (Å²) in [4.78, 5) is 36.9. The minimum atomic E-state index is -0.186. The molecule has 0 radical (unpaired) electrons. The zero-order chi connectivity index (χ0) is 34.2. The Morgan fingerprint density at radius 2 is 1.79 bits per heavy atom. The van der Waals surface area contributed by atoms with E-state index >= 15 is 0 Å². The number of rotatable bonds is 14. The summed E-state index contributed by atoms with van der Waals surface area (Å²) in [6, 6.07) is 7.11. The predicted molar refractivity (Wildman–Crippen MR) is 191 cm³/mol. The first-order chi connectivity index (χ1) is 23.2. The molecule has 5 rings (SSSR count). The summed E-state index contributed by atoms with van der Waals surface area (Å²) in [6.45, 7) is 15.9. The van der Waals surface area contributed by atoms with Crippen LogP contribution in [0.1, 0.15) is 65.3 Å². The summed E-state index contributed by atoms with van der Waals surface area (Å²) in [6.07, 6.45) is 8.44. The number of hydrogen-bond acceptors (Lipinski definition) is 8. The molecule has 3 aromatic rings. The Labute approximate surface area is 285 Å². The van der Waals surface area contributed by atoms with Gasteiger partial charge in [0, 0.05) is 92.7 Å². The van der Waals surface area contributed by atoms with Crippen LogP contribution in [-0.4, -0.2) is 109 Å². The van der Waals surface area contributed by atoms with E-state index in [1.54, 1.807) is 7.11 Å². The summed E-state index contributed by atoms with van der Waals surface area (Å²) in [5, 5.41) is 7.77. The number of nitrogens with one attached hydrogen (secondary N) is 2. The highest BCUT2D eigenvalue weighted by Gasteiger charge is 2.29. The molecule has 1 aliphatic carbocycles. The lowest BCUT2D eigenvalue weighted by atomic mass is 9.88. The Morgan fingerprint density at radius 3 is 2.48 bits per heavy atom. The zero-order valence-electron chi connectivity index (χ0n) is 29.8. The van der Waals surface area contributed by atoms with E-state index < -0.39 is 0 Å². The van der Waals surface area contributed by atoms with E-state index in [4.69, 9.17) is 14.6 Å². The quantitative estimate of drug-likeness (QED) is 0.266. The second-order valence-electron chi connectivity index (χ2n) is 13.5. The van der Waals surface area contributed by atoms with E-state index in [0.29, 0.717) is 23.2 Å². The number of aryl methyl sites for hydroxylation is 2. The van der Waals surface area contributed by atoms with Gasteiger partial charge in [-0.15, -0.1) is 0 Å². The maximum atomic E-state index is 13.9. The number of amides is 1. The van der Waals surface area contributed by atoms with Gasteiger partial charge in [0.1, 0.15) is 0 Å². The molecular weight excluding hydrogens is 606 g/mol. The predicted octanol–water partition coefficient (Wildman–Crippen LogP) is 4.14. The van der Waals surface area contributed by atoms with Crippen molar-refractivity contribution in [3.8, 4) is 11.1 Å². The molecule has 1 saturated carbocycles. The van der Waals surface area contributed by atoms with E-state index in [0.717, 1.165) is 118 Å². The third kappa shape index (κ3) is 8.74. The fourth-order valence-corrected chi connectivity index (χ4v) is 7.32. The summed E-state index contributed by atoms with van der Waals surface area (Å²) in [5.41, 5.74) is 6.70. The molecule has 11 nitrogen and oxygen atoms in total. The molecule has 0 atom stereocenters. The molecule has 0 unspecified atom stereocenters. The van der Waals surface area contributed by atoms with E-state index in [1.165, 1.54) is 0 Å². The molecule has 262 valence electrons. The number of anilines is 1. The van der Waals surface area contributed by atoms with Crippen LogP contribution in [0.2, 0.25) is 0 Å². The van der Waals surface area contributed by atoms with Gasteiger partial charge in [0.25, 0.3) is 11.5 Å². The molecule has 2 aliphatic rings. The molecule has 48 heavy (non-hydrogen) atoms. The van der Waals surface area contributed by atoms with Crippen molar-refractivity contribution in [3.05, 3.63) is 68.9 Å². The molecule has 1 saturated heterocycles. The fourth-order valence-electron chi connectivity index (χ4n) is 7.32. The Balaban J connectivity index is 1.41. The summed E-state index contributed by atoms with van der Waals surface area (Å²) in [5.74, 6) is -0.186. The Hall–Kier alpha value is -3.51. The molecular formula is C37H55N7O4. The van der Waals surface area contributed by atoms with Crippen molar-refractivity contribution in [2.24, 2.45) is 0 Å². The van der Waals surface area contributed by atoms with Gasteiger partial charge in [-0.25, -0.2) is 0 Å². The first-order valence-corrected chi connectivity index (χ1v) is 17.6. The largest absolute Gasteiger partial charge is 0.383 e. The van der Waals surface area contributed by atoms with Crippen LogP contribution in [0.25, 0.3) is 11.1 Å². The number of pyridine rings is 1. The number of aromatic nitrogens is 3. The van der Waals surface area contributed by atoms with E-state index in [2.05, 4.69) is 58.2 Å². The number of ether oxygens (including phenoxy) is 2. The second kappa shape index (κ2) is 16.7. The molecule has 1 amide bonds. The van der Waals surface area contributed by atoms with Crippen molar-refractivity contribution in [1.29, 1.82) is 0 Å². The van der Waals surface area contributed by atoms with Crippen LogP contribution in [0.5, 0.6) is 0 Å². The summed E-state index contributed by atoms with van der Waals surface area (Å²) >= 11 is 0. The average molecular weight is 662 g/mol. The number of aromatic amines is 1. The van der Waals surface area contributed by atoms with Crippen LogP contribution < -0.4 is 15.8 Å². The summed E-state index contributed by atoms with van der Waals surface area (Å²) in [7, 11) is 3.96. The maximum Gasteiger partial charge on any atom is 0.253 e. The van der Waals surface area contributed by atoms with Crippen LogP contribution in [0.3, 0.4) is 0 Å². The van der Waals surface area contributed by atoms with Crippen LogP contribution >= 0.6 is 0 Å². The number of likely N-dealkylation sites (N-methyl/N-ethyl adjacent to an activating group) is 1. The Bertz CT molecular complexity index is 1570. The van der Waals surface area contributed by atoms with Crippen molar-refractivity contribution in [2.75, 3.05) is 71.6 Å². The average Bonchev–Trinajstić information content (AvgIpc) is 3.56. The van der Waals surface area contributed by atoms with Crippen molar-refractivity contribution in [2.45, 2.75) is 78.6 Å². The minimum absolute atomic E-state index is 0.163. The highest BCUT2D eigenvalue weighted by molar-refractivity contribution is 5.99. The fraction of sp³-hybridized carbons (Fsp3) is 0.595. The lowest BCUT2D eigenvalue weighted by Gasteiger charge is -2.41. The number of hydrogen-bond donors (Lipinski definition) is 2. The van der Waals surface area contributed by atoms with Crippen molar-refractivity contribution in [3.63, 3.8) is 0 Å². The van der Waals surface area contributed by atoms with Gasteiger partial charge in [-0.1, -0.05) is 0 Å². The topological polar surface area (TPSA) is 108 Å². The van der Waals surface area contributed by atoms with E-state index in [9.17, 15) is 9.59 Å². The van der Waals surface area contributed by atoms with Gasteiger partial charge in [0.2, 0.25) is 0 Å². The smallest absolute Gasteiger partial charge is 0.253 e. The molecule has 2 aromatic heterocycles. The molecule has 11 heteroatoms. The zero-order valence-corrected chi connectivity index (χ0v) is 29.8. The van der Waals surface area contributed by atoms with Crippen LogP contribution in [0.15, 0.2) is 35.4 Å². The molecule has 1 aromatic carbocycles. The van der Waals surface area contributed by atoms with Crippen LogP contribution in [-0.2, 0) is 22.6 Å². The Morgan fingerprint density at radius 1 is 1.06 bits per heavy atom. The van der Waals surface area contributed by atoms with Gasteiger partial charge in [-0.05, 0) is 95.3 Å². The molecule has 3 heterocycles. The van der Waals surface area contributed by atoms with Crippen LogP contribution in [0, 0.1) is 20.8 Å². The first kappa shape index (κ1) is 35.8. The molecule has 0 spiro atoms. The minimum Gasteiger partial charge on any atom is -0.383 e. The third-order valence-corrected chi connectivity index (χ3v) is 10.3. The number of methoxy groups -OCH3 is 1. The van der Waals surface area contributed by atoms with Gasteiger partial charge >= 0.3 is 0 Å². The third-order valence-electron chi connectivity index (χ3n) is 10.3. The molecule has 2 N–H and O–H groups in total. The van der Waals surface area contributed by atoms with Crippen LogP contribution in [0.4, 0.5) is 5.69 Å². The van der Waals surface area contributed by atoms with E-state index in [-0.39, 0.29) is 18.0 Å². The SMILES string of the molecule is CCN(c1cc(-c2cnn(CCN3CCOCC3)c2)cc(C(=O)NCc2c(C)cc(C)[nH]c2=O)c1C)C1CCC(N(C)CCOC)CC1. The second-order valence-corrected chi connectivity index (χ2v) is 13.5.